The van der Waals surface area contributed by atoms with Crippen molar-refractivity contribution in [2.75, 3.05) is 32.8 Å². The van der Waals surface area contributed by atoms with Crippen LogP contribution in [-0.2, 0) is 11.2 Å². The number of likely N-dealkylation sites (tertiary alicyclic amines) is 1. The molecular formula is C20H32IN3O. The average molecular weight is 457 g/mol. The molecule has 2 aliphatic heterocycles. The summed E-state index contributed by atoms with van der Waals surface area (Å²) in [6.45, 7) is 6.98. The van der Waals surface area contributed by atoms with Gasteiger partial charge in [-0.25, -0.2) is 0 Å². The maximum Gasteiger partial charge on any atom is 0.194 e. The minimum Gasteiger partial charge on any atom is -0.376 e. The van der Waals surface area contributed by atoms with Gasteiger partial charge >= 0.3 is 0 Å². The highest BCUT2D eigenvalue weighted by Crippen LogP contribution is 2.22. The van der Waals surface area contributed by atoms with Gasteiger partial charge in [0.1, 0.15) is 0 Å². The Balaban J connectivity index is 0.00000225. The third-order valence-electron chi connectivity index (χ3n) is 5.08. The molecule has 5 heteroatoms. The zero-order chi connectivity index (χ0) is 16.6. The van der Waals surface area contributed by atoms with Crippen molar-refractivity contribution >= 4 is 29.9 Å². The predicted octanol–water partition coefficient (Wildman–Crippen LogP) is 3.70. The fourth-order valence-corrected chi connectivity index (χ4v) is 3.70. The van der Waals surface area contributed by atoms with Crippen LogP contribution in [0.15, 0.2) is 35.3 Å². The first kappa shape index (κ1) is 20.5. The molecule has 2 saturated heterocycles. The molecule has 0 spiro atoms. The third kappa shape index (κ3) is 6.44. The van der Waals surface area contributed by atoms with Gasteiger partial charge in [0.05, 0.1) is 12.6 Å². The highest BCUT2D eigenvalue weighted by Gasteiger charge is 2.22. The molecule has 1 aromatic rings. The molecule has 0 bridgehead atoms. The van der Waals surface area contributed by atoms with E-state index in [1.54, 1.807) is 0 Å². The lowest BCUT2D eigenvalue weighted by molar-refractivity contribution is 0.117. The molecular weight excluding hydrogens is 425 g/mol. The van der Waals surface area contributed by atoms with Crippen molar-refractivity contribution in [2.24, 2.45) is 10.9 Å². The quantitative estimate of drug-likeness (QED) is 0.416. The van der Waals surface area contributed by atoms with E-state index < -0.39 is 0 Å². The molecule has 0 aliphatic carbocycles. The van der Waals surface area contributed by atoms with Gasteiger partial charge in [0.15, 0.2) is 5.96 Å². The first-order valence-corrected chi connectivity index (χ1v) is 9.54. The standard InChI is InChI=1S/C20H31N3O.HI/c1-2-21-20(22-16-19-9-6-14-24-19)23-12-10-18(11-13-23)15-17-7-4-3-5-8-17;/h3-5,7-8,18-19H,2,6,9-16H2,1H3,(H,21,22);1H. The number of rotatable bonds is 5. The molecule has 1 unspecified atom stereocenters. The monoisotopic (exact) mass is 457 g/mol. The van der Waals surface area contributed by atoms with Crippen molar-refractivity contribution in [1.82, 2.24) is 10.2 Å². The van der Waals surface area contributed by atoms with Crippen LogP contribution < -0.4 is 5.32 Å². The van der Waals surface area contributed by atoms with Crippen molar-refractivity contribution in [3.8, 4) is 0 Å². The second-order valence-electron chi connectivity index (χ2n) is 6.95. The third-order valence-corrected chi connectivity index (χ3v) is 5.08. The summed E-state index contributed by atoms with van der Waals surface area (Å²) in [6, 6.07) is 10.9. The van der Waals surface area contributed by atoms with Crippen molar-refractivity contribution in [3.63, 3.8) is 0 Å². The fourth-order valence-electron chi connectivity index (χ4n) is 3.70. The Labute approximate surface area is 169 Å². The van der Waals surface area contributed by atoms with Crippen LogP contribution in [0.5, 0.6) is 0 Å². The summed E-state index contributed by atoms with van der Waals surface area (Å²) in [5.74, 6) is 1.87. The van der Waals surface area contributed by atoms with Gasteiger partial charge in [0.25, 0.3) is 0 Å². The summed E-state index contributed by atoms with van der Waals surface area (Å²) < 4.78 is 5.70. The number of piperidine rings is 1. The van der Waals surface area contributed by atoms with E-state index in [9.17, 15) is 0 Å². The molecule has 2 heterocycles. The lowest BCUT2D eigenvalue weighted by Crippen LogP contribution is -2.46. The van der Waals surface area contributed by atoms with Gasteiger partial charge in [-0.2, -0.15) is 0 Å². The topological polar surface area (TPSA) is 36.9 Å². The van der Waals surface area contributed by atoms with Crippen LogP contribution in [-0.4, -0.2) is 49.7 Å². The van der Waals surface area contributed by atoms with Crippen LogP contribution in [0.4, 0.5) is 0 Å². The van der Waals surface area contributed by atoms with Crippen LogP contribution in [0, 0.1) is 5.92 Å². The maximum atomic E-state index is 5.70. The van der Waals surface area contributed by atoms with Gasteiger partial charge in [0, 0.05) is 26.2 Å². The van der Waals surface area contributed by atoms with E-state index in [0.29, 0.717) is 6.10 Å². The van der Waals surface area contributed by atoms with Crippen LogP contribution >= 0.6 is 24.0 Å². The Bertz CT molecular complexity index is 509. The molecule has 4 nitrogen and oxygen atoms in total. The van der Waals surface area contributed by atoms with Gasteiger partial charge < -0.3 is 15.0 Å². The average Bonchev–Trinajstić information content (AvgIpc) is 3.14. The van der Waals surface area contributed by atoms with Gasteiger partial charge in [-0.1, -0.05) is 30.3 Å². The summed E-state index contributed by atoms with van der Waals surface area (Å²) in [4.78, 5) is 7.27. The molecule has 0 saturated carbocycles. The van der Waals surface area contributed by atoms with E-state index in [1.807, 2.05) is 0 Å². The molecule has 140 valence electrons. The molecule has 2 aliphatic rings. The number of hydrogen-bond acceptors (Lipinski definition) is 2. The van der Waals surface area contributed by atoms with Crippen LogP contribution in [0.1, 0.15) is 38.2 Å². The Morgan fingerprint density at radius 2 is 1.96 bits per heavy atom. The number of benzene rings is 1. The first-order valence-electron chi connectivity index (χ1n) is 9.54. The zero-order valence-corrected chi connectivity index (χ0v) is 17.7. The fraction of sp³-hybridized carbons (Fsp3) is 0.650. The minimum atomic E-state index is 0. The SMILES string of the molecule is CCNC(=NCC1CCCO1)N1CCC(Cc2ccccc2)CC1.I. The summed E-state index contributed by atoms with van der Waals surface area (Å²) in [6.07, 6.45) is 6.37. The number of ether oxygens (including phenoxy) is 1. The number of nitrogens with one attached hydrogen (secondary N) is 1. The number of aliphatic imine (C=N–C) groups is 1. The normalized spacial score (nSPS) is 21.9. The van der Waals surface area contributed by atoms with Gasteiger partial charge in [-0.05, 0) is 50.5 Å². The van der Waals surface area contributed by atoms with Gasteiger partial charge in [-0.3, -0.25) is 4.99 Å². The van der Waals surface area contributed by atoms with E-state index in [4.69, 9.17) is 9.73 Å². The van der Waals surface area contributed by atoms with E-state index in [-0.39, 0.29) is 24.0 Å². The lowest BCUT2D eigenvalue weighted by Gasteiger charge is -2.34. The summed E-state index contributed by atoms with van der Waals surface area (Å²) in [5.41, 5.74) is 1.47. The van der Waals surface area contributed by atoms with Crippen LogP contribution in [0.25, 0.3) is 0 Å². The Hall–Kier alpha value is -0.820. The van der Waals surface area contributed by atoms with E-state index in [2.05, 4.69) is 47.5 Å². The van der Waals surface area contributed by atoms with Crippen molar-refractivity contribution in [3.05, 3.63) is 35.9 Å². The predicted molar refractivity (Wildman–Crippen MR) is 115 cm³/mol. The molecule has 25 heavy (non-hydrogen) atoms. The van der Waals surface area contributed by atoms with Crippen LogP contribution in [0.3, 0.4) is 0 Å². The number of halogens is 1. The van der Waals surface area contributed by atoms with Crippen molar-refractivity contribution in [1.29, 1.82) is 0 Å². The van der Waals surface area contributed by atoms with E-state index in [1.165, 1.54) is 31.2 Å². The van der Waals surface area contributed by atoms with Gasteiger partial charge in [-0.15, -0.1) is 24.0 Å². The van der Waals surface area contributed by atoms with E-state index in [0.717, 1.165) is 51.1 Å². The molecule has 3 rings (SSSR count). The molecule has 0 aromatic heterocycles. The second kappa shape index (κ2) is 11.0. The number of nitrogens with zero attached hydrogens (tertiary/aromatic N) is 2. The Morgan fingerprint density at radius 3 is 2.60 bits per heavy atom. The van der Waals surface area contributed by atoms with Crippen molar-refractivity contribution < 1.29 is 4.74 Å². The number of hydrogen-bond donors (Lipinski definition) is 1. The first-order chi connectivity index (χ1) is 11.8. The minimum absolute atomic E-state index is 0. The smallest absolute Gasteiger partial charge is 0.194 e. The van der Waals surface area contributed by atoms with Crippen molar-refractivity contribution in [2.45, 2.75) is 45.1 Å². The van der Waals surface area contributed by atoms with Crippen LogP contribution in [0.2, 0.25) is 0 Å². The summed E-state index contributed by atoms with van der Waals surface area (Å²) in [5, 5.41) is 3.46. The molecule has 0 amide bonds. The largest absolute Gasteiger partial charge is 0.376 e. The molecule has 0 radical (unpaired) electrons. The zero-order valence-electron chi connectivity index (χ0n) is 15.3. The second-order valence-corrected chi connectivity index (χ2v) is 6.95. The highest BCUT2D eigenvalue weighted by molar-refractivity contribution is 14.0. The Morgan fingerprint density at radius 1 is 1.20 bits per heavy atom. The molecule has 1 N–H and O–H groups in total. The lowest BCUT2D eigenvalue weighted by atomic mass is 9.90. The van der Waals surface area contributed by atoms with Gasteiger partial charge in [0.2, 0.25) is 0 Å². The number of guanidine groups is 1. The molecule has 2 fully saturated rings. The molecule has 1 aromatic carbocycles. The highest BCUT2D eigenvalue weighted by atomic mass is 127. The summed E-state index contributed by atoms with van der Waals surface area (Å²) >= 11 is 0. The van der Waals surface area contributed by atoms with E-state index >= 15 is 0 Å². The Kier molecular flexibility index (Phi) is 9.03. The summed E-state index contributed by atoms with van der Waals surface area (Å²) in [7, 11) is 0. The maximum absolute atomic E-state index is 5.70. The molecule has 1 atom stereocenters.